The Kier molecular flexibility index (Phi) is 10.3. The van der Waals surface area contributed by atoms with Crippen LogP contribution in [0.3, 0.4) is 0 Å². The minimum atomic E-state index is -0.476. The summed E-state index contributed by atoms with van der Waals surface area (Å²) in [4.78, 5) is 4.71. The average Bonchev–Trinajstić information content (AvgIpc) is 2.67. The molecule has 1 unspecified atom stereocenters. The predicted octanol–water partition coefficient (Wildman–Crippen LogP) is -2.45. The number of aliphatic hydroxyl groups is 1. The van der Waals surface area contributed by atoms with Crippen LogP contribution in [-0.4, -0.2) is 55.4 Å². The minimum absolute atomic E-state index is 0. The molecule has 0 aliphatic carbocycles. The standard InChI is InChI=1S/C23H32N2O2.2ClH/c1-23(2,3)19-9-11-22(12-10-19)27-18-21(26)17-24-13-15-25(16-14-24)20-7-5-4-6-8-20;;/h4-12,21,26H,13-18H2,1-3H3;2*1H/p-2. The summed E-state index contributed by atoms with van der Waals surface area (Å²) in [6.07, 6.45) is -0.476. The van der Waals surface area contributed by atoms with Gasteiger partial charge in [0, 0.05) is 38.4 Å². The second-order valence-corrected chi connectivity index (χ2v) is 8.36. The number of para-hydroxylation sites is 1. The molecule has 0 saturated carbocycles. The first-order chi connectivity index (χ1) is 12.9. The number of piperazine rings is 1. The Morgan fingerprint density at radius 2 is 1.48 bits per heavy atom. The molecular weight excluding hydrogens is 407 g/mol. The third kappa shape index (κ3) is 7.71. The van der Waals surface area contributed by atoms with Crippen molar-refractivity contribution in [3.05, 3.63) is 60.2 Å². The van der Waals surface area contributed by atoms with Crippen molar-refractivity contribution >= 4 is 5.69 Å². The van der Waals surface area contributed by atoms with Crippen molar-refractivity contribution < 1.29 is 34.7 Å². The lowest BCUT2D eigenvalue weighted by Gasteiger charge is -2.36. The third-order valence-corrected chi connectivity index (χ3v) is 5.13. The van der Waals surface area contributed by atoms with Crippen LogP contribution in [0, 0.1) is 0 Å². The van der Waals surface area contributed by atoms with Crippen LogP contribution in [-0.2, 0) is 5.41 Å². The highest BCUT2D eigenvalue weighted by molar-refractivity contribution is 5.46. The van der Waals surface area contributed by atoms with Gasteiger partial charge in [0.1, 0.15) is 18.5 Å². The van der Waals surface area contributed by atoms with E-state index < -0.39 is 6.10 Å². The van der Waals surface area contributed by atoms with E-state index >= 15 is 0 Å². The van der Waals surface area contributed by atoms with Crippen molar-refractivity contribution in [3.63, 3.8) is 0 Å². The molecule has 0 bridgehead atoms. The van der Waals surface area contributed by atoms with Crippen molar-refractivity contribution in [1.82, 2.24) is 4.90 Å². The molecule has 1 heterocycles. The zero-order chi connectivity index (χ0) is 19.3. The Hall–Kier alpha value is -1.46. The molecule has 1 atom stereocenters. The van der Waals surface area contributed by atoms with Crippen LogP contribution in [0.15, 0.2) is 54.6 Å². The van der Waals surface area contributed by atoms with E-state index in [0.29, 0.717) is 13.2 Å². The number of nitrogens with zero attached hydrogens (tertiary/aromatic N) is 2. The molecule has 6 heteroatoms. The molecule has 2 aromatic carbocycles. The fourth-order valence-corrected chi connectivity index (χ4v) is 3.42. The lowest BCUT2D eigenvalue weighted by molar-refractivity contribution is -0.00100. The van der Waals surface area contributed by atoms with Crippen LogP contribution in [0.25, 0.3) is 0 Å². The molecular formula is C23H32Cl2N2O2-2. The Balaban J connectivity index is 0.00000210. The van der Waals surface area contributed by atoms with Gasteiger partial charge >= 0.3 is 0 Å². The molecule has 1 N–H and O–H groups in total. The van der Waals surface area contributed by atoms with Gasteiger partial charge in [-0.1, -0.05) is 51.1 Å². The predicted molar refractivity (Wildman–Crippen MR) is 112 cm³/mol. The third-order valence-electron chi connectivity index (χ3n) is 5.13. The summed E-state index contributed by atoms with van der Waals surface area (Å²) in [5.74, 6) is 0.816. The molecule has 0 aromatic heterocycles. The maximum absolute atomic E-state index is 10.3. The van der Waals surface area contributed by atoms with E-state index in [2.05, 4.69) is 67.0 Å². The van der Waals surface area contributed by atoms with E-state index in [1.54, 1.807) is 0 Å². The molecule has 0 radical (unpaired) electrons. The van der Waals surface area contributed by atoms with Gasteiger partial charge < -0.3 is 39.6 Å². The van der Waals surface area contributed by atoms with Gasteiger partial charge in [-0.05, 0) is 35.2 Å². The van der Waals surface area contributed by atoms with Crippen LogP contribution in [0.5, 0.6) is 5.75 Å². The smallest absolute Gasteiger partial charge is 0.119 e. The molecule has 4 nitrogen and oxygen atoms in total. The molecule has 1 fully saturated rings. The van der Waals surface area contributed by atoms with Gasteiger partial charge in [-0.25, -0.2) is 0 Å². The van der Waals surface area contributed by atoms with Gasteiger partial charge in [-0.2, -0.15) is 0 Å². The summed E-state index contributed by atoms with van der Waals surface area (Å²) in [5, 5.41) is 10.3. The fraction of sp³-hybridized carbons (Fsp3) is 0.478. The maximum atomic E-state index is 10.3. The largest absolute Gasteiger partial charge is 1.00 e. The van der Waals surface area contributed by atoms with Crippen molar-refractivity contribution in [1.29, 1.82) is 0 Å². The summed E-state index contributed by atoms with van der Waals surface area (Å²) in [6.45, 7) is 11.5. The lowest BCUT2D eigenvalue weighted by atomic mass is 9.87. The number of β-amino-alcohol motifs (C(OH)–C–C–N with tert-alkyl or cyclic N) is 1. The second kappa shape index (κ2) is 11.7. The molecule has 3 rings (SSSR count). The highest BCUT2D eigenvalue weighted by Crippen LogP contribution is 2.24. The van der Waals surface area contributed by atoms with Crippen LogP contribution in [0.4, 0.5) is 5.69 Å². The Morgan fingerprint density at radius 1 is 0.897 bits per heavy atom. The molecule has 2 aromatic rings. The van der Waals surface area contributed by atoms with Crippen molar-refractivity contribution in [2.75, 3.05) is 44.2 Å². The van der Waals surface area contributed by atoms with Gasteiger partial charge in [0.15, 0.2) is 0 Å². The molecule has 1 aliphatic rings. The van der Waals surface area contributed by atoms with Gasteiger partial charge in [0.25, 0.3) is 0 Å². The van der Waals surface area contributed by atoms with E-state index in [1.807, 2.05) is 18.2 Å². The van der Waals surface area contributed by atoms with Gasteiger partial charge in [-0.15, -0.1) is 0 Å². The van der Waals surface area contributed by atoms with Crippen LogP contribution < -0.4 is 34.5 Å². The molecule has 1 aliphatic heterocycles. The van der Waals surface area contributed by atoms with Gasteiger partial charge in [-0.3, -0.25) is 4.90 Å². The number of rotatable bonds is 6. The normalized spacial score (nSPS) is 15.8. The topological polar surface area (TPSA) is 35.9 Å². The van der Waals surface area contributed by atoms with Crippen LogP contribution in [0.2, 0.25) is 0 Å². The van der Waals surface area contributed by atoms with E-state index in [-0.39, 0.29) is 30.2 Å². The molecule has 29 heavy (non-hydrogen) atoms. The number of benzene rings is 2. The summed E-state index contributed by atoms with van der Waals surface area (Å²) < 4.78 is 5.78. The van der Waals surface area contributed by atoms with Crippen LogP contribution >= 0.6 is 0 Å². The van der Waals surface area contributed by atoms with Gasteiger partial charge in [0.2, 0.25) is 0 Å². The summed E-state index contributed by atoms with van der Waals surface area (Å²) in [6, 6.07) is 18.7. The summed E-state index contributed by atoms with van der Waals surface area (Å²) in [5.41, 5.74) is 2.70. The SMILES string of the molecule is CC(C)(C)c1ccc(OCC(O)CN2CCN(c3ccccc3)CC2)cc1.[Cl-].[Cl-]. The quantitative estimate of drug-likeness (QED) is 0.543. The number of hydrogen-bond donors (Lipinski definition) is 1. The summed E-state index contributed by atoms with van der Waals surface area (Å²) in [7, 11) is 0. The van der Waals surface area contributed by atoms with Crippen molar-refractivity contribution in [2.45, 2.75) is 32.3 Å². The number of halogens is 2. The first-order valence-corrected chi connectivity index (χ1v) is 9.85. The first kappa shape index (κ1) is 25.6. The molecule has 1 saturated heterocycles. The average molecular weight is 439 g/mol. The van der Waals surface area contributed by atoms with E-state index in [4.69, 9.17) is 4.74 Å². The Bertz CT molecular complexity index is 697. The van der Waals surface area contributed by atoms with Crippen molar-refractivity contribution in [3.8, 4) is 5.75 Å². The zero-order valence-corrected chi connectivity index (χ0v) is 19.0. The number of ether oxygens (including phenoxy) is 1. The number of hydrogen-bond acceptors (Lipinski definition) is 4. The molecule has 0 amide bonds. The number of anilines is 1. The minimum Gasteiger partial charge on any atom is -1.00 e. The van der Waals surface area contributed by atoms with Gasteiger partial charge in [0.05, 0.1) is 0 Å². The highest BCUT2D eigenvalue weighted by Gasteiger charge is 2.20. The monoisotopic (exact) mass is 438 g/mol. The van der Waals surface area contributed by atoms with Crippen molar-refractivity contribution in [2.24, 2.45) is 0 Å². The summed E-state index contributed by atoms with van der Waals surface area (Å²) >= 11 is 0. The Morgan fingerprint density at radius 3 is 2.03 bits per heavy atom. The maximum Gasteiger partial charge on any atom is 0.119 e. The zero-order valence-electron chi connectivity index (χ0n) is 17.5. The number of aliphatic hydroxyl groups excluding tert-OH is 1. The fourth-order valence-electron chi connectivity index (χ4n) is 3.42. The van der Waals surface area contributed by atoms with E-state index in [1.165, 1.54) is 11.3 Å². The van der Waals surface area contributed by atoms with Crippen LogP contribution in [0.1, 0.15) is 26.3 Å². The van der Waals surface area contributed by atoms with E-state index in [0.717, 1.165) is 31.9 Å². The van der Waals surface area contributed by atoms with E-state index in [9.17, 15) is 5.11 Å². The highest BCUT2D eigenvalue weighted by atomic mass is 35.5. The molecule has 162 valence electrons. The molecule has 0 spiro atoms. The second-order valence-electron chi connectivity index (χ2n) is 8.36. The Labute approximate surface area is 187 Å². The lowest BCUT2D eigenvalue weighted by Crippen LogP contribution is -3.00. The first-order valence-electron chi connectivity index (χ1n) is 9.85.